The van der Waals surface area contributed by atoms with Crippen LogP contribution < -0.4 is 4.74 Å². The fourth-order valence-corrected chi connectivity index (χ4v) is 3.62. The van der Waals surface area contributed by atoms with Crippen molar-refractivity contribution in [2.75, 3.05) is 33.0 Å². The number of aryl methyl sites for hydroxylation is 1. The average Bonchev–Trinajstić information content (AvgIpc) is 3.61. The highest BCUT2D eigenvalue weighted by Gasteiger charge is 2.60. The molecule has 0 spiro atoms. The van der Waals surface area contributed by atoms with Gasteiger partial charge in [-0.1, -0.05) is 23.7 Å². The number of carbonyl (C=O) groups excluding carboxylic acids is 2. The summed E-state index contributed by atoms with van der Waals surface area (Å²) in [7, 11) is 0. The van der Waals surface area contributed by atoms with Crippen LogP contribution in [0, 0.1) is 12.8 Å². The van der Waals surface area contributed by atoms with E-state index in [1.807, 2.05) is 4.90 Å². The minimum Gasteiger partial charge on any atom is -0.455 e. The van der Waals surface area contributed by atoms with Crippen molar-refractivity contribution >= 4 is 23.7 Å². The van der Waals surface area contributed by atoms with Gasteiger partial charge in [0.25, 0.3) is 6.10 Å². The summed E-state index contributed by atoms with van der Waals surface area (Å²) in [5.41, 5.74) is 1.35. The monoisotopic (exact) mass is 532 g/mol. The largest absolute Gasteiger partial charge is 0.455 e. The minimum atomic E-state index is -5.77. The number of nitrogens with zero attached hydrogens (tertiary/aromatic N) is 2. The number of benzene rings is 1. The first-order valence-electron chi connectivity index (χ1n) is 10.7. The molecule has 0 unspecified atom stereocenters. The number of ether oxygens (including phenoxy) is 3. The lowest BCUT2D eigenvalue weighted by Gasteiger charge is -2.35. The van der Waals surface area contributed by atoms with Crippen molar-refractivity contribution in [1.82, 2.24) is 9.80 Å². The molecule has 0 N–H and O–H groups in total. The molecule has 2 fully saturated rings. The quantitative estimate of drug-likeness (QED) is 0.288. The zero-order chi connectivity index (χ0) is 26.0. The van der Waals surface area contributed by atoms with Gasteiger partial charge in [-0.15, -0.1) is 0 Å². The molecule has 14 heteroatoms. The van der Waals surface area contributed by atoms with E-state index in [9.17, 15) is 35.9 Å². The highest BCUT2D eigenvalue weighted by atomic mass is 35.5. The first kappa shape index (κ1) is 27.2. The van der Waals surface area contributed by atoms with Crippen LogP contribution in [0.5, 0.6) is 5.75 Å². The molecule has 0 bridgehead atoms. The normalized spacial score (nSPS) is 17.5. The van der Waals surface area contributed by atoms with Crippen LogP contribution in [-0.4, -0.2) is 73.3 Å². The van der Waals surface area contributed by atoms with Crippen molar-refractivity contribution in [3.63, 3.8) is 0 Å². The molecule has 3 rings (SSSR count). The molecule has 1 saturated heterocycles. The van der Waals surface area contributed by atoms with Gasteiger partial charge in [-0.05, 0) is 25.3 Å². The summed E-state index contributed by atoms with van der Waals surface area (Å²) in [6, 6.07) is 3.50. The molecule has 196 valence electrons. The van der Waals surface area contributed by atoms with E-state index in [1.165, 1.54) is 0 Å². The molecule has 1 aromatic rings. The number of carbonyl (C=O) groups is 2. The van der Waals surface area contributed by atoms with Crippen molar-refractivity contribution in [3.8, 4) is 5.75 Å². The van der Waals surface area contributed by atoms with Crippen LogP contribution in [0.2, 0.25) is 5.02 Å². The lowest BCUT2D eigenvalue weighted by Crippen LogP contribution is -2.52. The van der Waals surface area contributed by atoms with Gasteiger partial charge in [0, 0.05) is 38.3 Å². The Morgan fingerprint density at radius 2 is 1.66 bits per heavy atom. The summed E-state index contributed by atoms with van der Waals surface area (Å²) in [6.45, 7) is 1.72. The molecule has 1 aliphatic carbocycles. The SMILES string of the molecule is Cc1ccc(CN2CCN(C(=O)OC(C(F)(F)F)C(F)(F)F)CC2)c(OCOC(=O)C2CC2)c1Cl. The van der Waals surface area contributed by atoms with E-state index in [0.29, 0.717) is 16.3 Å². The third kappa shape index (κ3) is 7.29. The van der Waals surface area contributed by atoms with Crippen molar-refractivity contribution in [2.24, 2.45) is 5.92 Å². The summed E-state index contributed by atoms with van der Waals surface area (Å²) in [5.74, 6) is -0.150. The van der Waals surface area contributed by atoms with Crippen LogP contribution in [0.4, 0.5) is 31.1 Å². The van der Waals surface area contributed by atoms with Crippen LogP contribution in [-0.2, 0) is 20.8 Å². The number of piperazine rings is 1. The molecule has 1 amide bonds. The van der Waals surface area contributed by atoms with E-state index in [0.717, 1.165) is 23.3 Å². The Labute approximate surface area is 201 Å². The maximum absolute atomic E-state index is 12.6. The van der Waals surface area contributed by atoms with E-state index in [-0.39, 0.29) is 51.4 Å². The van der Waals surface area contributed by atoms with Gasteiger partial charge in [0.1, 0.15) is 5.75 Å². The Kier molecular flexibility index (Phi) is 8.30. The molecule has 1 aromatic carbocycles. The van der Waals surface area contributed by atoms with Crippen molar-refractivity contribution in [2.45, 2.75) is 44.8 Å². The second-order valence-electron chi connectivity index (χ2n) is 8.29. The molecular formula is C21H23ClF6N2O5. The van der Waals surface area contributed by atoms with Gasteiger partial charge in [-0.3, -0.25) is 9.69 Å². The lowest BCUT2D eigenvalue weighted by molar-refractivity contribution is -0.308. The fourth-order valence-electron chi connectivity index (χ4n) is 3.38. The Bertz CT molecular complexity index is 916. The molecule has 1 aliphatic heterocycles. The lowest BCUT2D eigenvalue weighted by atomic mass is 10.1. The molecule has 2 aliphatic rings. The second kappa shape index (κ2) is 10.7. The number of hydrogen-bond donors (Lipinski definition) is 0. The molecule has 35 heavy (non-hydrogen) atoms. The summed E-state index contributed by atoms with van der Waals surface area (Å²) in [5, 5.41) is 0.317. The van der Waals surface area contributed by atoms with Crippen LogP contribution in [0.1, 0.15) is 24.0 Å². The summed E-state index contributed by atoms with van der Waals surface area (Å²) in [4.78, 5) is 26.2. The van der Waals surface area contributed by atoms with E-state index in [1.54, 1.807) is 19.1 Å². The van der Waals surface area contributed by atoms with Crippen LogP contribution in [0.25, 0.3) is 0 Å². The zero-order valence-corrected chi connectivity index (χ0v) is 19.3. The molecule has 1 heterocycles. The van der Waals surface area contributed by atoms with Gasteiger partial charge in [-0.25, -0.2) is 4.79 Å². The Morgan fingerprint density at radius 1 is 1.06 bits per heavy atom. The highest BCUT2D eigenvalue weighted by Crippen LogP contribution is 2.37. The average molecular weight is 533 g/mol. The Balaban J connectivity index is 1.56. The fraction of sp³-hybridized carbons (Fsp3) is 0.619. The van der Waals surface area contributed by atoms with Crippen LogP contribution >= 0.6 is 11.6 Å². The Hall–Kier alpha value is -2.41. The number of alkyl halides is 6. The number of rotatable bonds is 7. The standard InChI is InChI=1S/C21H23ClF6N2O5/c1-12-2-3-14(16(15(12)22)33-11-34-17(31)13-4-5-13)10-29-6-8-30(9-7-29)19(32)35-18(20(23,24)25)21(26,27)28/h2-3,13,18H,4-11H2,1H3. The van der Waals surface area contributed by atoms with Gasteiger partial charge in [0.15, 0.2) is 0 Å². The molecule has 0 atom stereocenters. The minimum absolute atomic E-state index is 0.100. The molecule has 0 radical (unpaired) electrons. The van der Waals surface area contributed by atoms with Crippen molar-refractivity contribution in [1.29, 1.82) is 0 Å². The third-order valence-corrected chi connectivity index (χ3v) is 5.99. The van der Waals surface area contributed by atoms with Crippen molar-refractivity contribution in [3.05, 3.63) is 28.3 Å². The number of esters is 1. The van der Waals surface area contributed by atoms with Crippen molar-refractivity contribution < 1.29 is 50.1 Å². The number of hydrogen-bond acceptors (Lipinski definition) is 6. The second-order valence-corrected chi connectivity index (χ2v) is 8.67. The highest BCUT2D eigenvalue weighted by molar-refractivity contribution is 6.32. The van der Waals surface area contributed by atoms with Crippen LogP contribution in [0.3, 0.4) is 0 Å². The molecule has 1 saturated carbocycles. The van der Waals surface area contributed by atoms with Crippen LogP contribution in [0.15, 0.2) is 12.1 Å². The predicted molar refractivity (Wildman–Crippen MR) is 110 cm³/mol. The van der Waals surface area contributed by atoms with Gasteiger partial charge in [-0.2, -0.15) is 26.3 Å². The first-order valence-corrected chi connectivity index (χ1v) is 11.0. The van der Waals surface area contributed by atoms with Gasteiger partial charge < -0.3 is 19.1 Å². The van der Waals surface area contributed by atoms with E-state index in [2.05, 4.69) is 4.74 Å². The van der Waals surface area contributed by atoms with E-state index < -0.39 is 24.5 Å². The summed E-state index contributed by atoms with van der Waals surface area (Å²) in [6.07, 6.45) is -15.9. The molecule has 7 nitrogen and oxygen atoms in total. The van der Waals surface area contributed by atoms with Gasteiger partial charge >= 0.3 is 24.4 Å². The first-order chi connectivity index (χ1) is 16.3. The smallest absolute Gasteiger partial charge is 0.434 e. The topological polar surface area (TPSA) is 68.3 Å². The maximum Gasteiger partial charge on any atom is 0.434 e. The Morgan fingerprint density at radius 3 is 2.20 bits per heavy atom. The van der Waals surface area contributed by atoms with E-state index >= 15 is 0 Å². The van der Waals surface area contributed by atoms with E-state index in [4.69, 9.17) is 21.1 Å². The summed E-state index contributed by atoms with van der Waals surface area (Å²) < 4.78 is 90.3. The summed E-state index contributed by atoms with van der Waals surface area (Å²) >= 11 is 6.36. The zero-order valence-electron chi connectivity index (χ0n) is 18.5. The predicted octanol–water partition coefficient (Wildman–Crippen LogP) is 4.69. The maximum atomic E-state index is 12.6. The molecule has 0 aromatic heterocycles. The van der Waals surface area contributed by atoms with Gasteiger partial charge in [0.05, 0.1) is 10.9 Å². The number of amides is 1. The third-order valence-electron chi connectivity index (χ3n) is 5.52. The molecular weight excluding hydrogens is 510 g/mol. The van der Waals surface area contributed by atoms with Gasteiger partial charge in [0.2, 0.25) is 6.79 Å². The number of halogens is 7.